The Morgan fingerprint density at radius 2 is 1.96 bits per heavy atom. The standard InChI is InChI=1S/C22H23NO3/c1-15-8-9-19-16(14-15)10-12-22(26-19)21(2,3)17-6-4-5-7-18(17)23(22)13-11-20(24)25/h4-10,12,14H,11,13H2,1-3H3,(H,24,25). The molecular weight excluding hydrogens is 326 g/mol. The Morgan fingerprint density at radius 1 is 1.19 bits per heavy atom. The minimum atomic E-state index is -0.807. The summed E-state index contributed by atoms with van der Waals surface area (Å²) in [5.41, 5.74) is 3.38. The number of rotatable bonds is 3. The van der Waals surface area contributed by atoms with Gasteiger partial charge in [0.2, 0.25) is 5.72 Å². The predicted octanol–water partition coefficient (Wildman–Crippen LogP) is 4.37. The van der Waals surface area contributed by atoms with E-state index in [1.165, 1.54) is 11.1 Å². The van der Waals surface area contributed by atoms with Crippen LogP contribution in [-0.4, -0.2) is 23.3 Å². The van der Waals surface area contributed by atoms with Gasteiger partial charge in [0.25, 0.3) is 0 Å². The van der Waals surface area contributed by atoms with E-state index in [1.54, 1.807) is 0 Å². The SMILES string of the molecule is Cc1ccc2c(c1)C=CC1(O2)N(CCC(=O)O)c2ccccc2C1(C)C. The maximum Gasteiger partial charge on any atom is 0.305 e. The summed E-state index contributed by atoms with van der Waals surface area (Å²) in [5, 5.41) is 9.24. The highest BCUT2D eigenvalue weighted by Gasteiger charge is 2.58. The highest BCUT2D eigenvalue weighted by Crippen LogP contribution is 2.54. The number of hydrogen-bond donors (Lipinski definition) is 1. The van der Waals surface area contributed by atoms with E-state index in [1.807, 2.05) is 24.3 Å². The monoisotopic (exact) mass is 349 g/mol. The molecule has 0 saturated carbocycles. The van der Waals surface area contributed by atoms with E-state index >= 15 is 0 Å². The average Bonchev–Trinajstić information content (AvgIpc) is 2.78. The van der Waals surface area contributed by atoms with Crippen LogP contribution in [0.15, 0.2) is 48.5 Å². The van der Waals surface area contributed by atoms with Crippen LogP contribution in [0.5, 0.6) is 5.75 Å². The molecule has 2 aliphatic rings. The number of anilines is 1. The summed E-state index contributed by atoms with van der Waals surface area (Å²) in [4.78, 5) is 13.4. The lowest BCUT2D eigenvalue weighted by atomic mass is 9.76. The first-order chi connectivity index (χ1) is 12.3. The zero-order valence-electron chi connectivity index (χ0n) is 15.3. The van der Waals surface area contributed by atoms with Crippen molar-refractivity contribution in [3.63, 3.8) is 0 Å². The van der Waals surface area contributed by atoms with E-state index in [0.717, 1.165) is 17.0 Å². The molecule has 2 heterocycles. The maximum atomic E-state index is 11.3. The summed E-state index contributed by atoms with van der Waals surface area (Å²) in [5.74, 6) is 0.0254. The first kappa shape index (κ1) is 16.7. The molecule has 4 nitrogen and oxygen atoms in total. The van der Waals surface area contributed by atoms with Gasteiger partial charge in [-0.15, -0.1) is 0 Å². The van der Waals surface area contributed by atoms with Crippen molar-refractivity contribution in [2.45, 2.75) is 38.3 Å². The first-order valence-electron chi connectivity index (χ1n) is 8.93. The Hall–Kier alpha value is -2.75. The lowest BCUT2D eigenvalue weighted by molar-refractivity contribution is -0.136. The number of nitrogens with zero attached hydrogens (tertiary/aromatic N) is 1. The molecule has 0 bridgehead atoms. The van der Waals surface area contributed by atoms with Crippen LogP contribution in [0.25, 0.3) is 6.08 Å². The summed E-state index contributed by atoms with van der Waals surface area (Å²) in [6.45, 7) is 6.78. The van der Waals surface area contributed by atoms with Crippen LogP contribution >= 0.6 is 0 Å². The average molecular weight is 349 g/mol. The third-order valence-electron chi connectivity index (χ3n) is 5.63. The smallest absolute Gasteiger partial charge is 0.305 e. The van der Waals surface area contributed by atoms with Crippen LogP contribution < -0.4 is 9.64 Å². The molecule has 0 fully saturated rings. The van der Waals surface area contributed by atoms with Crippen molar-refractivity contribution >= 4 is 17.7 Å². The maximum absolute atomic E-state index is 11.3. The number of para-hydroxylation sites is 1. The number of aliphatic carboxylic acids is 1. The molecule has 1 N–H and O–H groups in total. The van der Waals surface area contributed by atoms with Gasteiger partial charge in [-0.25, -0.2) is 0 Å². The van der Waals surface area contributed by atoms with Crippen molar-refractivity contribution in [3.8, 4) is 5.75 Å². The van der Waals surface area contributed by atoms with Gasteiger partial charge in [0.05, 0.1) is 11.8 Å². The number of ether oxygens (including phenoxy) is 1. The van der Waals surface area contributed by atoms with Crippen LogP contribution in [0, 0.1) is 6.92 Å². The fourth-order valence-electron chi connectivity index (χ4n) is 4.22. The molecule has 1 unspecified atom stereocenters. The Morgan fingerprint density at radius 3 is 2.73 bits per heavy atom. The Balaban J connectivity index is 1.86. The van der Waals surface area contributed by atoms with Crippen LogP contribution in [-0.2, 0) is 10.2 Å². The van der Waals surface area contributed by atoms with Gasteiger partial charge in [-0.1, -0.05) is 29.8 Å². The zero-order chi connectivity index (χ0) is 18.5. The second kappa shape index (κ2) is 5.63. The zero-order valence-corrected chi connectivity index (χ0v) is 15.3. The molecule has 0 amide bonds. The number of carboxylic acids is 1. The Bertz CT molecular complexity index is 915. The minimum Gasteiger partial charge on any atom is -0.481 e. The van der Waals surface area contributed by atoms with Crippen LogP contribution in [0.3, 0.4) is 0 Å². The van der Waals surface area contributed by atoms with Gasteiger partial charge in [0.15, 0.2) is 0 Å². The number of hydrogen-bond acceptors (Lipinski definition) is 3. The lowest BCUT2D eigenvalue weighted by Gasteiger charge is -2.47. The number of benzene rings is 2. The fourth-order valence-corrected chi connectivity index (χ4v) is 4.22. The van der Waals surface area contributed by atoms with Gasteiger partial charge >= 0.3 is 5.97 Å². The number of carboxylic acid groups (broad SMARTS) is 1. The Labute approximate surface area is 153 Å². The van der Waals surface area contributed by atoms with E-state index in [9.17, 15) is 9.90 Å². The molecule has 2 aromatic carbocycles. The minimum absolute atomic E-state index is 0.0596. The van der Waals surface area contributed by atoms with Crippen molar-refractivity contribution in [2.75, 3.05) is 11.4 Å². The van der Waals surface area contributed by atoms with Gasteiger partial charge in [-0.2, -0.15) is 0 Å². The first-order valence-corrected chi connectivity index (χ1v) is 8.93. The summed E-state index contributed by atoms with van der Waals surface area (Å²) in [6, 6.07) is 14.3. The number of fused-ring (bicyclic) bond motifs is 2. The molecule has 4 heteroatoms. The molecule has 0 saturated heterocycles. The summed E-state index contributed by atoms with van der Waals surface area (Å²) in [7, 11) is 0. The molecule has 4 rings (SSSR count). The van der Waals surface area contributed by atoms with Gasteiger partial charge in [-0.3, -0.25) is 4.79 Å². The summed E-state index contributed by atoms with van der Waals surface area (Å²) < 4.78 is 6.62. The highest BCUT2D eigenvalue weighted by molar-refractivity contribution is 5.74. The van der Waals surface area contributed by atoms with Gasteiger partial charge < -0.3 is 14.7 Å². The van der Waals surface area contributed by atoms with E-state index in [0.29, 0.717) is 6.54 Å². The molecule has 134 valence electrons. The molecule has 1 spiro atoms. The second-order valence-electron chi connectivity index (χ2n) is 7.61. The number of aryl methyl sites for hydroxylation is 1. The largest absolute Gasteiger partial charge is 0.481 e. The van der Waals surface area contributed by atoms with Crippen molar-refractivity contribution in [2.24, 2.45) is 0 Å². The van der Waals surface area contributed by atoms with Gasteiger partial charge in [0, 0.05) is 17.8 Å². The Kier molecular flexibility index (Phi) is 3.62. The quantitative estimate of drug-likeness (QED) is 0.894. The molecule has 0 aliphatic carbocycles. The third kappa shape index (κ3) is 2.25. The van der Waals surface area contributed by atoms with Crippen molar-refractivity contribution in [3.05, 3.63) is 65.2 Å². The van der Waals surface area contributed by atoms with E-state index in [-0.39, 0.29) is 11.8 Å². The van der Waals surface area contributed by atoms with Crippen molar-refractivity contribution in [1.29, 1.82) is 0 Å². The highest BCUT2D eigenvalue weighted by atomic mass is 16.5. The molecule has 0 aromatic heterocycles. The van der Waals surface area contributed by atoms with Crippen LogP contribution in [0.1, 0.15) is 37.0 Å². The number of carbonyl (C=O) groups is 1. The molecule has 2 aliphatic heterocycles. The third-order valence-corrected chi connectivity index (χ3v) is 5.63. The molecule has 2 aromatic rings. The molecule has 0 radical (unpaired) electrons. The van der Waals surface area contributed by atoms with Gasteiger partial charge in [-0.05, 0) is 56.7 Å². The fraction of sp³-hybridized carbons (Fsp3) is 0.318. The topological polar surface area (TPSA) is 49.8 Å². The van der Waals surface area contributed by atoms with Crippen LogP contribution in [0.4, 0.5) is 5.69 Å². The molecular formula is C22H23NO3. The van der Waals surface area contributed by atoms with Crippen molar-refractivity contribution in [1.82, 2.24) is 0 Å². The van der Waals surface area contributed by atoms with E-state index in [4.69, 9.17) is 4.74 Å². The summed E-state index contributed by atoms with van der Waals surface area (Å²) in [6.07, 6.45) is 4.26. The van der Waals surface area contributed by atoms with Crippen LogP contribution in [0.2, 0.25) is 0 Å². The lowest BCUT2D eigenvalue weighted by Crippen LogP contribution is -2.59. The van der Waals surface area contributed by atoms with E-state index < -0.39 is 11.7 Å². The van der Waals surface area contributed by atoms with E-state index in [2.05, 4.69) is 56.0 Å². The molecule has 26 heavy (non-hydrogen) atoms. The molecule has 1 atom stereocenters. The normalized spacial score (nSPS) is 22.0. The summed E-state index contributed by atoms with van der Waals surface area (Å²) >= 11 is 0. The van der Waals surface area contributed by atoms with Gasteiger partial charge in [0.1, 0.15) is 5.75 Å². The van der Waals surface area contributed by atoms with Crippen molar-refractivity contribution < 1.29 is 14.6 Å². The second-order valence-corrected chi connectivity index (χ2v) is 7.61. The predicted molar refractivity (Wildman–Crippen MR) is 103 cm³/mol.